The maximum atomic E-state index is 15.0. The molecule has 0 saturated carbocycles. The summed E-state index contributed by atoms with van der Waals surface area (Å²) in [6.45, 7) is 27.0. The van der Waals surface area contributed by atoms with Crippen LogP contribution in [-0.2, 0) is 0 Å². The Kier molecular flexibility index (Phi) is 27.2. The summed E-state index contributed by atoms with van der Waals surface area (Å²) in [6.07, 6.45) is 9.66. The van der Waals surface area contributed by atoms with E-state index in [1.807, 2.05) is 55.4 Å². The molecule has 0 amide bonds. The molecule has 0 aliphatic carbocycles. The summed E-state index contributed by atoms with van der Waals surface area (Å²) in [4.78, 5) is 82.0. The third kappa shape index (κ3) is 21.0. The van der Waals surface area contributed by atoms with Crippen LogP contribution in [0.2, 0.25) is 0 Å². The molecule has 1 aromatic heterocycles. The number of fused-ring (bicyclic) bond motifs is 12. The van der Waals surface area contributed by atoms with E-state index < -0.39 is 22.2 Å². The van der Waals surface area contributed by atoms with Crippen LogP contribution in [0.1, 0.15) is 134 Å². The average Bonchev–Trinajstić information content (AvgIpc) is 0.914. The zero-order valence-corrected chi connectivity index (χ0v) is 55.8. The molecular weight excluding hydrogens is 1160 g/mol. The molecule has 4 N–H and O–H groups in total. The van der Waals surface area contributed by atoms with Gasteiger partial charge in [0, 0.05) is 24.5 Å². The average molecular weight is 1260 g/mol. The molecule has 0 atom stereocenters. The summed E-state index contributed by atoms with van der Waals surface area (Å²) in [5.74, 6) is 3.03. The minimum Gasteiger partial charge on any atom is -0.493 e. The third-order valence-corrected chi connectivity index (χ3v) is 14.1. The lowest BCUT2D eigenvalue weighted by molar-refractivity contribution is 0.261. The van der Waals surface area contributed by atoms with Gasteiger partial charge in [0.15, 0.2) is 0 Å². The predicted molar refractivity (Wildman–Crippen MR) is 372 cm³/mol. The second-order valence-corrected chi connectivity index (χ2v) is 24.5. The van der Waals surface area contributed by atoms with Gasteiger partial charge in [0.1, 0.15) is 46.0 Å². The molecule has 7 rings (SSSR count). The number of nitrogens with one attached hydrogen (secondary N) is 4. The second kappa shape index (κ2) is 35.5. The molecule has 0 unspecified atom stereocenters. The SMILES string of the molecule is CCCCOc1ccc2cnc3ccc(OCCCC)c(c3)c(=O)[nH]c3cc([nH]c(=O)c4cc(ccc4OCCCC)cnc4ccc(OCCCC)c(c4)c(=O)[nH]c4cc([nH]c(=O)c1c2)c(OCC(C)C)cc4OCC(C)C)c(OCC(C)C)cc3OCC(C)C. The van der Waals surface area contributed by atoms with Crippen molar-refractivity contribution in [2.24, 2.45) is 23.7 Å². The first kappa shape index (κ1) is 70.4. The molecule has 92 heavy (non-hydrogen) atoms. The number of hydrogen-bond donors (Lipinski definition) is 4. The zero-order chi connectivity index (χ0) is 66.1. The van der Waals surface area contributed by atoms with E-state index in [1.54, 1.807) is 109 Å². The molecule has 6 aromatic carbocycles. The van der Waals surface area contributed by atoms with Crippen molar-refractivity contribution in [3.8, 4) is 46.0 Å². The molecule has 0 aliphatic heterocycles. The molecule has 0 aliphatic rings. The number of unbranched alkanes of at least 4 members (excludes halogenated alkanes) is 4. The van der Waals surface area contributed by atoms with Crippen LogP contribution in [0.25, 0.3) is 65.4 Å². The maximum Gasteiger partial charge on any atom is 0.259 e. The van der Waals surface area contributed by atoms with Crippen LogP contribution < -0.4 is 60.1 Å². The van der Waals surface area contributed by atoms with Gasteiger partial charge in [0.2, 0.25) is 0 Å². The van der Waals surface area contributed by atoms with Crippen molar-refractivity contribution in [2.45, 2.75) is 134 Å². The van der Waals surface area contributed by atoms with Crippen LogP contribution in [0, 0.1) is 23.7 Å². The molecular formula is C74H94N6O12. The van der Waals surface area contributed by atoms with Crippen molar-refractivity contribution >= 4 is 65.4 Å². The highest BCUT2D eigenvalue weighted by Crippen LogP contribution is 2.32. The monoisotopic (exact) mass is 1260 g/mol. The van der Waals surface area contributed by atoms with Crippen LogP contribution in [0.3, 0.4) is 0 Å². The molecule has 18 nitrogen and oxygen atoms in total. The number of H-pyrrole nitrogens is 4. The fourth-order valence-electron chi connectivity index (χ4n) is 9.04. The Morgan fingerprint density at radius 2 is 0.576 bits per heavy atom. The van der Waals surface area contributed by atoms with Crippen LogP contribution in [-0.4, -0.2) is 82.8 Å². The van der Waals surface area contributed by atoms with E-state index in [-0.39, 0.29) is 67.3 Å². The second-order valence-electron chi connectivity index (χ2n) is 24.5. The smallest absolute Gasteiger partial charge is 0.259 e. The largest absolute Gasteiger partial charge is 0.493 e. The van der Waals surface area contributed by atoms with E-state index in [4.69, 9.17) is 47.9 Å². The van der Waals surface area contributed by atoms with E-state index in [9.17, 15) is 19.2 Å². The number of nitrogens with zero attached hydrogens (tertiary/aromatic N) is 2. The molecule has 7 aromatic rings. The van der Waals surface area contributed by atoms with E-state index in [0.717, 1.165) is 51.4 Å². The molecule has 0 radical (unpaired) electrons. The van der Waals surface area contributed by atoms with Crippen LogP contribution >= 0.6 is 0 Å². The summed E-state index contributed by atoms with van der Waals surface area (Å²) < 4.78 is 50.8. The van der Waals surface area contributed by atoms with Gasteiger partial charge in [-0.05, 0) is 145 Å². The Labute approximate surface area is 538 Å². The summed E-state index contributed by atoms with van der Waals surface area (Å²) in [5, 5.41) is 1.87. The lowest BCUT2D eigenvalue weighted by Crippen LogP contribution is -2.11. The number of rotatable bonds is 28. The van der Waals surface area contributed by atoms with Crippen molar-refractivity contribution in [1.82, 2.24) is 29.9 Å². The standard InChI is InChI=1S/C74H94N6O12/c1-13-17-29-85-63-25-21-51-33-55(63)71(81)77-59-37-61(69(91-45-49(9)10)39-67(59)89-43-47(5)6)79-73(83)58-36-54(24-28-66(58)88-32-20-16-4)76-42-52-22-26-64(86-30-18-14-2)56(34-52)72(82)78-60-38-62(70(92-46-50(11)12)40-68(60)90-44-48(7)8)80-74(84)57-35-53(75-41-51)23-27-65(57)87-31-19-15-3/h21-28,33-42,47-50H,13-20,29-32,43-46H2,1-12H3,(H,77,81)(H,78,82)(H,79,83)(H,80,84). The summed E-state index contributed by atoms with van der Waals surface area (Å²) in [5.41, 5.74) is -0.287. The van der Waals surface area contributed by atoms with Crippen LogP contribution in [0.5, 0.6) is 46.0 Å². The van der Waals surface area contributed by atoms with E-state index in [2.05, 4.69) is 47.6 Å². The van der Waals surface area contributed by atoms with Crippen molar-refractivity contribution < 1.29 is 37.9 Å². The number of benzene rings is 6. The normalized spacial score (nSPS) is 11.2. The molecule has 492 valence electrons. The fraction of sp³-hybridized carbons (Fsp3) is 0.432. The minimum absolute atomic E-state index is 0.108. The lowest BCUT2D eigenvalue weighted by Gasteiger charge is -2.14. The van der Waals surface area contributed by atoms with Gasteiger partial charge in [-0.15, -0.1) is 0 Å². The highest BCUT2D eigenvalue weighted by molar-refractivity contribution is 5.80. The van der Waals surface area contributed by atoms with Gasteiger partial charge in [0.25, 0.3) is 22.2 Å². The first-order valence-electron chi connectivity index (χ1n) is 32.6. The molecule has 0 saturated heterocycles. The Bertz CT molecular complexity index is 3700. The first-order chi connectivity index (χ1) is 44.4. The Morgan fingerprint density at radius 3 is 0.837 bits per heavy atom. The topological polar surface area (TPSA) is 231 Å². The van der Waals surface area contributed by atoms with Gasteiger partial charge in [0.05, 0.1) is 108 Å². The van der Waals surface area contributed by atoms with Crippen LogP contribution in [0.15, 0.2) is 129 Å². The van der Waals surface area contributed by atoms with Crippen molar-refractivity contribution in [3.05, 3.63) is 151 Å². The zero-order valence-electron chi connectivity index (χ0n) is 55.8. The van der Waals surface area contributed by atoms with Gasteiger partial charge >= 0.3 is 0 Å². The molecule has 18 heteroatoms. The highest BCUT2D eigenvalue weighted by atomic mass is 16.5. The highest BCUT2D eigenvalue weighted by Gasteiger charge is 2.15. The van der Waals surface area contributed by atoms with Crippen molar-refractivity contribution in [1.29, 1.82) is 0 Å². The fourth-order valence-corrected chi connectivity index (χ4v) is 9.04. The molecule has 12 bridgehead atoms. The maximum absolute atomic E-state index is 15.0. The van der Waals surface area contributed by atoms with Gasteiger partial charge in [-0.25, -0.2) is 0 Å². The Hall–Kier alpha value is -9.06. The van der Waals surface area contributed by atoms with E-state index in [1.165, 1.54) is 0 Å². The predicted octanol–water partition coefficient (Wildman–Crippen LogP) is 16.1. The minimum atomic E-state index is -0.536. The van der Waals surface area contributed by atoms with E-state index in [0.29, 0.717) is 121 Å². The Morgan fingerprint density at radius 1 is 0.315 bits per heavy atom. The molecule has 0 fully saturated rings. The summed E-state index contributed by atoms with van der Waals surface area (Å²) >= 11 is 0. The number of aromatic amines is 4. The van der Waals surface area contributed by atoms with E-state index >= 15 is 0 Å². The molecule has 1 heterocycles. The number of aromatic nitrogens is 6. The summed E-state index contributed by atoms with van der Waals surface area (Å²) in [6, 6.07) is 27.2. The van der Waals surface area contributed by atoms with Gasteiger partial charge in [-0.2, -0.15) is 0 Å². The summed E-state index contributed by atoms with van der Waals surface area (Å²) in [7, 11) is 0. The number of ether oxygens (including phenoxy) is 8. The Balaban J connectivity index is 1.70. The van der Waals surface area contributed by atoms with Gasteiger partial charge in [-0.3, -0.25) is 29.1 Å². The quantitative estimate of drug-likeness (QED) is 0.0334. The molecule has 0 spiro atoms. The van der Waals surface area contributed by atoms with Crippen LogP contribution in [0.4, 0.5) is 0 Å². The lowest BCUT2D eigenvalue weighted by atomic mass is 10.2. The van der Waals surface area contributed by atoms with Crippen molar-refractivity contribution in [2.75, 3.05) is 52.9 Å². The first-order valence-corrected chi connectivity index (χ1v) is 32.6. The third-order valence-electron chi connectivity index (χ3n) is 14.1. The van der Waals surface area contributed by atoms with Gasteiger partial charge in [-0.1, -0.05) is 109 Å². The van der Waals surface area contributed by atoms with Gasteiger partial charge < -0.3 is 57.8 Å². The van der Waals surface area contributed by atoms with Crippen molar-refractivity contribution in [3.63, 3.8) is 0 Å². The number of hydrogen-bond acceptors (Lipinski definition) is 14.